The van der Waals surface area contributed by atoms with E-state index in [-0.39, 0.29) is 0 Å². The summed E-state index contributed by atoms with van der Waals surface area (Å²) in [4.78, 5) is 0. The minimum absolute atomic E-state index is 0.386. The van der Waals surface area contributed by atoms with E-state index < -0.39 is 5.60 Å². The lowest BCUT2D eigenvalue weighted by Gasteiger charge is -2.40. The summed E-state index contributed by atoms with van der Waals surface area (Å²) in [5, 5.41) is 18.0. The second-order valence-electron chi connectivity index (χ2n) is 6.50. The zero-order valence-electron chi connectivity index (χ0n) is 12.0. The molecule has 4 heteroatoms. The fourth-order valence-corrected chi connectivity index (χ4v) is 2.58. The highest BCUT2D eigenvalue weighted by molar-refractivity contribution is 5.17. The Morgan fingerprint density at radius 2 is 2.11 bits per heavy atom. The van der Waals surface area contributed by atoms with Gasteiger partial charge in [-0.25, -0.2) is 4.68 Å². The Morgan fingerprint density at radius 3 is 2.68 bits per heavy atom. The molecule has 106 valence electrons. The second kappa shape index (κ2) is 5.47. The quantitative estimate of drug-likeness (QED) is 0.857. The standard InChI is InChI=1S/C15H25N3O/c1-4-18-11-13(10-17-18)9-16-12-15(19)7-5-14(2,3)6-8-15/h4,10-11,16,19H,1,5-9,12H2,2-3H3. The Kier molecular flexibility index (Phi) is 4.11. The predicted octanol–water partition coefficient (Wildman–Crippen LogP) is 2.40. The van der Waals surface area contributed by atoms with Gasteiger partial charge in [0.15, 0.2) is 0 Å². The topological polar surface area (TPSA) is 50.1 Å². The van der Waals surface area contributed by atoms with Crippen molar-refractivity contribution in [2.45, 2.75) is 51.7 Å². The molecule has 2 N–H and O–H groups in total. The average Bonchev–Trinajstić information content (AvgIpc) is 2.82. The lowest BCUT2D eigenvalue weighted by Crippen LogP contribution is -2.44. The van der Waals surface area contributed by atoms with Crippen LogP contribution in [0, 0.1) is 5.41 Å². The fourth-order valence-electron chi connectivity index (χ4n) is 2.58. The minimum Gasteiger partial charge on any atom is -0.389 e. The molecule has 0 spiro atoms. The fraction of sp³-hybridized carbons (Fsp3) is 0.667. The van der Waals surface area contributed by atoms with Crippen LogP contribution in [0.2, 0.25) is 0 Å². The van der Waals surface area contributed by atoms with Gasteiger partial charge in [0, 0.05) is 31.0 Å². The maximum atomic E-state index is 10.5. The Morgan fingerprint density at radius 1 is 1.42 bits per heavy atom. The van der Waals surface area contributed by atoms with E-state index in [4.69, 9.17) is 0 Å². The zero-order valence-corrected chi connectivity index (χ0v) is 12.0. The van der Waals surface area contributed by atoms with Gasteiger partial charge in [-0.2, -0.15) is 5.10 Å². The summed E-state index contributed by atoms with van der Waals surface area (Å²) in [6, 6.07) is 0. The summed E-state index contributed by atoms with van der Waals surface area (Å²) in [5.74, 6) is 0. The van der Waals surface area contributed by atoms with Crippen LogP contribution in [0.5, 0.6) is 0 Å². The molecule has 0 aliphatic heterocycles. The number of hydrogen-bond donors (Lipinski definition) is 2. The van der Waals surface area contributed by atoms with Gasteiger partial charge in [0.1, 0.15) is 0 Å². The summed E-state index contributed by atoms with van der Waals surface area (Å²) in [5.41, 5.74) is 0.959. The number of nitrogens with one attached hydrogen (secondary N) is 1. The van der Waals surface area contributed by atoms with E-state index in [9.17, 15) is 5.11 Å². The smallest absolute Gasteiger partial charge is 0.0772 e. The molecule has 1 aliphatic carbocycles. The van der Waals surface area contributed by atoms with Gasteiger partial charge in [-0.05, 0) is 31.1 Å². The highest BCUT2D eigenvalue weighted by Gasteiger charge is 2.36. The number of hydrogen-bond acceptors (Lipinski definition) is 3. The first-order chi connectivity index (χ1) is 8.92. The predicted molar refractivity (Wildman–Crippen MR) is 77.5 cm³/mol. The van der Waals surface area contributed by atoms with Crippen molar-refractivity contribution in [2.24, 2.45) is 5.41 Å². The van der Waals surface area contributed by atoms with Crippen LogP contribution in [0.1, 0.15) is 45.1 Å². The van der Waals surface area contributed by atoms with Gasteiger partial charge < -0.3 is 10.4 Å². The molecule has 1 aliphatic rings. The third-order valence-corrected chi connectivity index (χ3v) is 4.16. The molecule has 0 radical (unpaired) electrons. The van der Waals surface area contributed by atoms with Crippen molar-refractivity contribution in [2.75, 3.05) is 6.54 Å². The van der Waals surface area contributed by atoms with E-state index in [1.165, 1.54) is 0 Å². The van der Waals surface area contributed by atoms with Gasteiger partial charge in [-0.15, -0.1) is 0 Å². The van der Waals surface area contributed by atoms with E-state index in [2.05, 4.69) is 30.8 Å². The summed E-state index contributed by atoms with van der Waals surface area (Å²) in [6.45, 7) is 9.62. The van der Waals surface area contributed by atoms with E-state index in [1.54, 1.807) is 10.9 Å². The first kappa shape index (κ1) is 14.3. The largest absolute Gasteiger partial charge is 0.389 e. The van der Waals surface area contributed by atoms with Crippen LogP contribution in [0.25, 0.3) is 6.20 Å². The van der Waals surface area contributed by atoms with E-state index in [0.29, 0.717) is 12.0 Å². The molecule has 0 unspecified atom stereocenters. The molecule has 0 bridgehead atoms. The summed E-state index contributed by atoms with van der Waals surface area (Å²) in [7, 11) is 0. The monoisotopic (exact) mass is 263 g/mol. The molecule has 4 nitrogen and oxygen atoms in total. The third-order valence-electron chi connectivity index (χ3n) is 4.16. The van der Waals surface area contributed by atoms with Gasteiger partial charge in [0.2, 0.25) is 0 Å². The SMILES string of the molecule is C=Cn1cc(CNCC2(O)CCC(C)(C)CC2)cn1. The number of nitrogens with zero attached hydrogens (tertiary/aromatic N) is 2. The Bertz CT molecular complexity index is 426. The molecular formula is C15H25N3O. The van der Waals surface area contributed by atoms with Crippen molar-refractivity contribution in [3.63, 3.8) is 0 Å². The molecule has 0 amide bonds. The molecule has 1 heterocycles. The van der Waals surface area contributed by atoms with Crippen molar-refractivity contribution in [3.05, 3.63) is 24.5 Å². The van der Waals surface area contributed by atoms with Crippen LogP contribution >= 0.6 is 0 Å². The van der Waals surface area contributed by atoms with Crippen LogP contribution in [-0.4, -0.2) is 27.0 Å². The first-order valence-electron chi connectivity index (χ1n) is 7.01. The Labute approximate surface area is 115 Å². The van der Waals surface area contributed by atoms with E-state index in [0.717, 1.165) is 37.8 Å². The Balaban J connectivity index is 1.77. The molecule has 2 rings (SSSR count). The molecule has 1 aromatic rings. The summed E-state index contributed by atoms with van der Waals surface area (Å²) in [6.07, 6.45) is 9.40. The van der Waals surface area contributed by atoms with Gasteiger partial charge in [-0.1, -0.05) is 20.4 Å². The van der Waals surface area contributed by atoms with Crippen LogP contribution in [0.4, 0.5) is 0 Å². The molecule has 0 atom stereocenters. The van der Waals surface area contributed by atoms with Crippen molar-refractivity contribution in [1.29, 1.82) is 0 Å². The zero-order chi connectivity index (χ0) is 13.9. The molecule has 1 aromatic heterocycles. The molecule has 1 saturated carbocycles. The van der Waals surface area contributed by atoms with Crippen molar-refractivity contribution < 1.29 is 5.11 Å². The van der Waals surface area contributed by atoms with Crippen molar-refractivity contribution in [1.82, 2.24) is 15.1 Å². The van der Waals surface area contributed by atoms with Crippen LogP contribution in [-0.2, 0) is 6.54 Å². The van der Waals surface area contributed by atoms with Gasteiger partial charge in [0.25, 0.3) is 0 Å². The van der Waals surface area contributed by atoms with Gasteiger partial charge in [-0.3, -0.25) is 0 Å². The molecule has 1 fully saturated rings. The molecular weight excluding hydrogens is 238 g/mol. The molecule has 0 aromatic carbocycles. The number of rotatable bonds is 5. The van der Waals surface area contributed by atoms with Crippen LogP contribution in [0.3, 0.4) is 0 Å². The van der Waals surface area contributed by atoms with E-state index >= 15 is 0 Å². The maximum Gasteiger partial charge on any atom is 0.0772 e. The van der Waals surface area contributed by atoms with E-state index in [1.807, 2.05) is 12.4 Å². The van der Waals surface area contributed by atoms with Gasteiger partial charge >= 0.3 is 0 Å². The lowest BCUT2D eigenvalue weighted by atomic mass is 9.71. The first-order valence-corrected chi connectivity index (χ1v) is 7.01. The summed E-state index contributed by atoms with van der Waals surface area (Å²) >= 11 is 0. The highest BCUT2D eigenvalue weighted by atomic mass is 16.3. The van der Waals surface area contributed by atoms with Crippen LogP contribution < -0.4 is 5.32 Å². The molecule has 0 saturated heterocycles. The molecule has 19 heavy (non-hydrogen) atoms. The number of aliphatic hydroxyl groups is 1. The Hall–Kier alpha value is -1.13. The van der Waals surface area contributed by atoms with Crippen LogP contribution in [0.15, 0.2) is 19.0 Å². The second-order valence-corrected chi connectivity index (χ2v) is 6.50. The van der Waals surface area contributed by atoms with Gasteiger partial charge in [0.05, 0.1) is 11.8 Å². The minimum atomic E-state index is -0.538. The average molecular weight is 263 g/mol. The number of aromatic nitrogens is 2. The van der Waals surface area contributed by atoms with Crippen molar-refractivity contribution >= 4 is 6.20 Å². The lowest BCUT2D eigenvalue weighted by molar-refractivity contribution is -0.0245. The highest BCUT2D eigenvalue weighted by Crippen LogP contribution is 2.39. The normalized spacial score (nSPS) is 21.2. The van der Waals surface area contributed by atoms with Crippen molar-refractivity contribution in [3.8, 4) is 0 Å². The third kappa shape index (κ3) is 3.91. The maximum absolute atomic E-state index is 10.5. The summed E-state index contributed by atoms with van der Waals surface area (Å²) < 4.78 is 1.69.